The van der Waals surface area contributed by atoms with Crippen LogP contribution >= 0.6 is 24.0 Å². The van der Waals surface area contributed by atoms with E-state index in [1.165, 1.54) is 0 Å². The van der Waals surface area contributed by atoms with Crippen LogP contribution < -0.4 is 21.9 Å². The zero-order chi connectivity index (χ0) is 24.2. The van der Waals surface area contributed by atoms with Gasteiger partial charge in [-0.1, -0.05) is 23.7 Å². The first-order valence-electron chi connectivity index (χ1n) is 10.4. The number of carbonyl (C=O) groups excluding carboxylic acids is 1. The summed E-state index contributed by atoms with van der Waals surface area (Å²) in [5.41, 5.74) is 17.8. The van der Waals surface area contributed by atoms with E-state index >= 15 is 0 Å². The van der Waals surface area contributed by atoms with Crippen LogP contribution in [0.15, 0.2) is 24.3 Å². The molecule has 0 saturated heterocycles. The van der Waals surface area contributed by atoms with E-state index in [0.717, 1.165) is 29.1 Å². The van der Waals surface area contributed by atoms with Crippen LogP contribution in [0.1, 0.15) is 28.9 Å². The van der Waals surface area contributed by atoms with Gasteiger partial charge in [-0.05, 0) is 37.0 Å². The van der Waals surface area contributed by atoms with E-state index in [-0.39, 0.29) is 41.4 Å². The highest BCUT2D eigenvalue weighted by Gasteiger charge is 2.23. The summed E-state index contributed by atoms with van der Waals surface area (Å²) in [4.78, 5) is 21.5. The Morgan fingerprint density at radius 1 is 1.06 bits per heavy atom. The van der Waals surface area contributed by atoms with Gasteiger partial charge in [-0.15, -0.1) is 12.4 Å². The topological polar surface area (TPSA) is 176 Å². The predicted octanol–water partition coefficient (Wildman–Crippen LogP) is 2.12. The fraction of sp³-hybridized carbons (Fsp3) is 0.429. The number of nitrogens with zero attached hydrogens (tertiary/aromatic N) is 3. The zero-order valence-corrected chi connectivity index (χ0v) is 20.5. The lowest BCUT2D eigenvalue weighted by atomic mass is 10.1. The average molecular weight is 516 g/mol. The number of carbonyl (C=O) groups is 1. The third-order valence-corrected chi connectivity index (χ3v) is 4.87. The van der Waals surface area contributed by atoms with Crippen LogP contribution in [0.5, 0.6) is 5.75 Å². The number of halogens is 2. The predicted molar refractivity (Wildman–Crippen MR) is 134 cm³/mol. The Hall–Kier alpha value is -2.86. The van der Waals surface area contributed by atoms with Gasteiger partial charge in [0.1, 0.15) is 12.4 Å². The molecule has 0 spiro atoms. The SMILES string of the molecule is COCCOCCOc1ccc(CCCCN(C(=N)N)C(=O)c2nc(Cl)c(N)nc2N)cc1.Cl. The molecule has 0 unspecified atom stereocenters. The van der Waals surface area contributed by atoms with Gasteiger partial charge in [0, 0.05) is 13.7 Å². The lowest BCUT2D eigenvalue weighted by Gasteiger charge is -2.20. The van der Waals surface area contributed by atoms with Crippen LogP contribution in [0.4, 0.5) is 11.6 Å². The molecule has 2 aromatic rings. The zero-order valence-electron chi connectivity index (χ0n) is 19.0. The van der Waals surface area contributed by atoms with E-state index < -0.39 is 11.9 Å². The number of amides is 1. The molecule has 0 radical (unpaired) electrons. The first-order chi connectivity index (χ1) is 15.8. The number of unbranched alkanes of at least 4 members (excludes halogenated alkanes) is 1. The molecule has 1 amide bonds. The van der Waals surface area contributed by atoms with Gasteiger partial charge in [-0.25, -0.2) is 9.97 Å². The van der Waals surface area contributed by atoms with Crippen molar-refractivity contribution >= 4 is 47.5 Å². The van der Waals surface area contributed by atoms with Crippen LogP contribution in [0.2, 0.25) is 5.15 Å². The number of methoxy groups -OCH3 is 1. The largest absolute Gasteiger partial charge is 0.491 e. The molecular weight excluding hydrogens is 485 g/mol. The molecule has 0 fully saturated rings. The Morgan fingerprint density at radius 3 is 2.38 bits per heavy atom. The first kappa shape index (κ1) is 29.2. The van der Waals surface area contributed by atoms with Crippen molar-refractivity contribution in [3.05, 3.63) is 40.7 Å². The van der Waals surface area contributed by atoms with Gasteiger partial charge in [-0.2, -0.15) is 0 Å². The van der Waals surface area contributed by atoms with Crippen molar-refractivity contribution in [3.63, 3.8) is 0 Å². The number of hydrogen-bond acceptors (Lipinski definition) is 9. The molecule has 0 aliphatic carbocycles. The van der Waals surface area contributed by atoms with E-state index in [1.54, 1.807) is 7.11 Å². The molecule has 0 bridgehead atoms. The third-order valence-electron chi connectivity index (χ3n) is 4.59. The number of hydrogen-bond donors (Lipinski definition) is 4. The molecule has 0 saturated carbocycles. The van der Waals surface area contributed by atoms with Gasteiger partial charge < -0.3 is 31.4 Å². The second-order valence-corrected chi connectivity index (χ2v) is 7.39. The van der Waals surface area contributed by atoms with Crippen molar-refractivity contribution in [3.8, 4) is 5.75 Å². The van der Waals surface area contributed by atoms with Crippen molar-refractivity contribution < 1.29 is 19.0 Å². The molecule has 1 heterocycles. The number of aryl methyl sites for hydroxylation is 1. The second kappa shape index (κ2) is 15.1. The molecule has 34 heavy (non-hydrogen) atoms. The first-order valence-corrected chi connectivity index (χ1v) is 10.7. The number of benzene rings is 1. The highest BCUT2D eigenvalue weighted by molar-refractivity contribution is 6.31. The summed E-state index contributed by atoms with van der Waals surface area (Å²) in [5.74, 6) is -0.545. The fourth-order valence-electron chi connectivity index (χ4n) is 2.87. The van der Waals surface area contributed by atoms with E-state index in [0.29, 0.717) is 32.8 Å². The van der Waals surface area contributed by atoms with E-state index in [4.69, 9.17) is 48.4 Å². The maximum Gasteiger partial charge on any atom is 0.283 e. The van der Waals surface area contributed by atoms with E-state index in [1.807, 2.05) is 24.3 Å². The van der Waals surface area contributed by atoms with Crippen LogP contribution in [-0.4, -0.2) is 66.8 Å². The Bertz CT molecular complexity index is 932. The molecule has 0 atom stereocenters. The van der Waals surface area contributed by atoms with Crippen molar-refractivity contribution in [1.29, 1.82) is 5.41 Å². The molecule has 0 aliphatic heterocycles. The Morgan fingerprint density at radius 2 is 1.74 bits per heavy atom. The highest BCUT2D eigenvalue weighted by atomic mass is 35.5. The summed E-state index contributed by atoms with van der Waals surface area (Å²) in [7, 11) is 1.63. The minimum Gasteiger partial charge on any atom is -0.491 e. The summed E-state index contributed by atoms with van der Waals surface area (Å²) < 4.78 is 15.9. The quantitative estimate of drug-likeness (QED) is 0.176. The van der Waals surface area contributed by atoms with Crippen LogP contribution in [0.25, 0.3) is 0 Å². The second-order valence-electron chi connectivity index (χ2n) is 7.03. The summed E-state index contributed by atoms with van der Waals surface area (Å²) >= 11 is 5.84. The van der Waals surface area contributed by atoms with Crippen LogP contribution in [-0.2, 0) is 15.9 Å². The van der Waals surface area contributed by atoms with Crippen LogP contribution in [0, 0.1) is 5.41 Å². The number of nitrogens with two attached hydrogens (primary N) is 3. The summed E-state index contributed by atoms with van der Waals surface area (Å²) in [6.45, 7) is 2.29. The molecular formula is C21H31Cl2N7O4. The van der Waals surface area contributed by atoms with E-state index in [9.17, 15) is 4.79 Å². The Kier molecular flexibility index (Phi) is 13.0. The van der Waals surface area contributed by atoms with Crippen molar-refractivity contribution in [2.24, 2.45) is 5.73 Å². The standard InChI is InChI=1S/C21H30ClN7O4.ClH/c1-31-10-11-32-12-13-33-15-7-5-14(6-8-15)4-2-3-9-29(21(25)26)20(30)16-18(23)28-19(24)17(22)27-16;/h5-8H,2-4,9-13H2,1H3,(H3,25,26)(H4,23,24,28);1H. The van der Waals surface area contributed by atoms with Gasteiger partial charge in [0.05, 0.1) is 19.8 Å². The average Bonchev–Trinajstić information content (AvgIpc) is 2.79. The molecule has 11 nitrogen and oxygen atoms in total. The smallest absolute Gasteiger partial charge is 0.283 e. The van der Waals surface area contributed by atoms with Crippen molar-refractivity contribution in [1.82, 2.24) is 14.9 Å². The van der Waals surface area contributed by atoms with Gasteiger partial charge in [-0.3, -0.25) is 15.1 Å². The molecule has 188 valence electrons. The number of ether oxygens (including phenoxy) is 3. The lowest BCUT2D eigenvalue weighted by molar-refractivity contribution is 0.0544. The number of rotatable bonds is 13. The number of anilines is 2. The number of aromatic nitrogens is 2. The monoisotopic (exact) mass is 515 g/mol. The third kappa shape index (κ3) is 9.18. The van der Waals surface area contributed by atoms with Crippen molar-refractivity contribution in [2.45, 2.75) is 19.3 Å². The Labute approximate surface area is 209 Å². The summed E-state index contributed by atoms with van der Waals surface area (Å²) in [6, 6.07) is 7.79. The molecule has 2 rings (SSSR count). The van der Waals surface area contributed by atoms with Gasteiger partial charge in [0.2, 0.25) is 0 Å². The minimum absolute atomic E-state index is 0. The Balaban J connectivity index is 0.00000578. The normalized spacial score (nSPS) is 10.4. The fourth-order valence-corrected chi connectivity index (χ4v) is 3.00. The number of nitrogen functional groups attached to an aromatic ring is 2. The van der Waals surface area contributed by atoms with Gasteiger partial charge >= 0.3 is 0 Å². The summed E-state index contributed by atoms with van der Waals surface area (Å²) in [6.07, 6.45) is 2.17. The molecule has 0 aliphatic rings. The van der Waals surface area contributed by atoms with Gasteiger partial charge in [0.25, 0.3) is 5.91 Å². The molecule has 13 heteroatoms. The van der Waals surface area contributed by atoms with Crippen LogP contribution in [0.3, 0.4) is 0 Å². The highest BCUT2D eigenvalue weighted by Crippen LogP contribution is 2.19. The van der Waals surface area contributed by atoms with Gasteiger partial charge in [0.15, 0.2) is 28.4 Å². The molecule has 7 N–H and O–H groups in total. The molecule has 1 aromatic carbocycles. The number of guanidine groups is 1. The summed E-state index contributed by atoms with van der Waals surface area (Å²) in [5, 5.41) is 7.59. The van der Waals surface area contributed by atoms with Crippen molar-refractivity contribution in [2.75, 3.05) is 51.5 Å². The minimum atomic E-state index is -0.651. The van der Waals surface area contributed by atoms with E-state index in [2.05, 4.69) is 9.97 Å². The maximum atomic E-state index is 12.7. The molecule has 1 aromatic heterocycles. The maximum absolute atomic E-state index is 12.7. The number of nitrogens with one attached hydrogen (secondary N) is 1. The lowest BCUT2D eigenvalue weighted by Crippen LogP contribution is -2.42.